The third-order valence-electron chi connectivity index (χ3n) is 2.77. The van der Waals surface area contributed by atoms with Gasteiger partial charge in [-0.1, -0.05) is 0 Å². The van der Waals surface area contributed by atoms with E-state index in [1.165, 1.54) is 0 Å². The summed E-state index contributed by atoms with van der Waals surface area (Å²) in [5.41, 5.74) is 2.29. The van der Waals surface area contributed by atoms with Crippen LogP contribution in [0.2, 0.25) is 0 Å². The molecule has 1 rings (SSSR count). The second-order valence-corrected chi connectivity index (χ2v) is 4.00. The van der Waals surface area contributed by atoms with Crippen molar-refractivity contribution in [3.05, 3.63) is 23.5 Å². The van der Waals surface area contributed by atoms with Crippen molar-refractivity contribution >= 4 is 11.6 Å². The third kappa shape index (κ3) is 3.43. The highest BCUT2D eigenvalue weighted by molar-refractivity contribution is 5.99. The second-order valence-electron chi connectivity index (χ2n) is 4.00. The summed E-state index contributed by atoms with van der Waals surface area (Å²) >= 11 is 0. The zero-order valence-electron chi connectivity index (χ0n) is 11.5. The SMILES string of the molecule is CCN(CCOC)C(=O)c1cnc(C)cc1NC. The Morgan fingerprint density at radius 3 is 2.83 bits per heavy atom. The van der Waals surface area contributed by atoms with E-state index in [0.29, 0.717) is 25.3 Å². The van der Waals surface area contributed by atoms with Crippen molar-refractivity contribution in [2.45, 2.75) is 13.8 Å². The van der Waals surface area contributed by atoms with Gasteiger partial charge in [-0.2, -0.15) is 0 Å². The molecule has 1 N–H and O–H groups in total. The standard InChI is InChI=1S/C13H21N3O2/c1-5-16(6-7-18-4)13(17)11-9-15-10(2)8-12(11)14-3/h8-9H,5-7H2,1-4H3,(H,14,15). The molecule has 5 nitrogen and oxygen atoms in total. The normalized spacial score (nSPS) is 10.2. The Labute approximate surface area is 108 Å². The molecule has 1 heterocycles. The van der Waals surface area contributed by atoms with Gasteiger partial charge < -0.3 is 15.0 Å². The highest BCUT2D eigenvalue weighted by atomic mass is 16.5. The number of ether oxygens (including phenoxy) is 1. The van der Waals surface area contributed by atoms with Crippen LogP contribution < -0.4 is 5.32 Å². The maximum absolute atomic E-state index is 12.4. The minimum Gasteiger partial charge on any atom is -0.387 e. The van der Waals surface area contributed by atoms with E-state index in [1.807, 2.05) is 19.9 Å². The maximum Gasteiger partial charge on any atom is 0.257 e. The second kappa shape index (κ2) is 6.96. The quantitative estimate of drug-likeness (QED) is 0.833. The predicted octanol–water partition coefficient (Wildman–Crippen LogP) is 1.54. The average molecular weight is 251 g/mol. The first-order chi connectivity index (χ1) is 8.63. The van der Waals surface area contributed by atoms with Gasteiger partial charge >= 0.3 is 0 Å². The minimum absolute atomic E-state index is 0.0219. The number of nitrogens with one attached hydrogen (secondary N) is 1. The molecule has 100 valence electrons. The van der Waals surface area contributed by atoms with E-state index in [0.717, 1.165) is 11.4 Å². The lowest BCUT2D eigenvalue weighted by atomic mass is 10.2. The van der Waals surface area contributed by atoms with Crippen molar-refractivity contribution in [2.24, 2.45) is 0 Å². The van der Waals surface area contributed by atoms with Crippen molar-refractivity contribution in [3.63, 3.8) is 0 Å². The van der Waals surface area contributed by atoms with Crippen LogP contribution in [-0.4, -0.2) is 49.6 Å². The van der Waals surface area contributed by atoms with E-state index in [-0.39, 0.29) is 5.91 Å². The number of hydrogen-bond acceptors (Lipinski definition) is 4. The lowest BCUT2D eigenvalue weighted by Crippen LogP contribution is -2.34. The molecular weight excluding hydrogens is 230 g/mol. The number of anilines is 1. The molecular formula is C13H21N3O2. The molecule has 18 heavy (non-hydrogen) atoms. The number of carbonyl (C=O) groups excluding carboxylic acids is 1. The molecule has 1 aromatic rings. The van der Waals surface area contributed by atoms with Crippen molar-refractivity contribution in [1.82, 2.24) is 9.88 Å². The molecule has 0 aliphatic heterocycles. The molecule has 1 amide bonds. The van der Waals surface area contributed by atoms with Crippen LogP contribution in [0.3, 0.4) is 0 Å². The van der Waals surface area contributed by atoms with E-state index < -0.39 is 0 Å². The number of aromatic nitrogens is 1. The first kappa shape index (κ1) is 14.4. The zero-order chi connectivity index (χ0) is 13.5. The lowest BCUT2D eigenvalue weighted by Gasteiger charge is -2.21. The summed E-state index contributed by atoms with van der Waals surface area (Å²) in [5.74, 6) is -0.0219. The van der Waals surface area contributed by atoms with Crippen molar-refractivity contribution in [3.8, 4) is 0 Å². The van der Waals surface area contributed by atoms with Gasteiger partial charge in [-0.3, -0.25) is 9.78 Å². The van der Waals surface area contributed by atoms with Crippen LogP contribution in [0.15, 0.2) is 12.3 Å². The number of nitrogens with zero attached hydrogens (tertiary/aromatic N) is 2. The molecule has 0 saturated carbocycles. The molecule has 0 saturated heterocycles. The summed E-state index contributed by atoms with van der Waals surface area (Å²) in [6, 6.07) is 1.87. The van der Waals surface area contributed by atoms with Gasteiger partial charge in [-0.15, -0.1) is 0 Å². The van der Waals surface area contributed by atoms with E-state index in [4.69, 9.17) is 4.74 Å². The predicted molar refractivity (Wildman–Crippen MR) is 72.0 cm³/mol. The van der Waals surface area contributed by atoms with Gasteiger partial charge in [0, 0.05) is 39.1 Å². The molecule has 0 aliphatic carbocycles. The van der Waals surface area contributed by atoms with E-state index in [9.17, 15) is 4.79 Å². The molecule has 0 unspecified atom stereocenters. The third-order valence-corrected chi connectivity index (χ3v) is 2.77. The molecule has 0 aliphatic rings. The van der Waals surface area contributed by atoms with Crippen molar-refractivity contribution < 1.29 is 9.53 Å². The highest BCUT2D eigenvalue weighted by Crippen LogP contribution is 2.17. The fourth-order valence-electron chi connectivity index (χ4n) is 1.71. The number of methoxy groups -OCH3 is 1. The van der Waals surface area contributed by atoms with E-state index >= 15 is 0 Å². The van der Waals surface area contributed by atoms with Gasteiger partial charge in [-0.25, -0.2) is 0 Å². The number of carbonyl (C=O) groups is 1. The minimum atomic E-state index is -0.0219. The first-order valence-corrected chi connectivity index (χ1v) is 6.06. The monoisotopic (exact) mass is 251 g/mol. The summed E-state index contributed by atoms with van der Waals surface area (Å²) in [6.07, 6.45) is 1.62. The molecule has 5 heteroatoms. The molecule has 0 fully saturated rings. The summed E-state index contributed by atoms with van der Waals surface area (Å²) in [7, 11) is 3.43. The van der Waals surface area contributed by atoms with Crippen LogP contribution in [-0.2, 0) is 4.74 Å². The molecule has 0 aromatic carbocycles. The summed E-state index contributed by atoms with van der Waals surface area (Å²) in [4.78, 5) is 18.3. The Balaban J connectivity index is 2.93. The summed E-state index contributed by atoms with van der Waals surface area (Å²) in [6.45, 7) is 5.63. The van der Waals surface area contributed by atoms with Crippen LogP contribution in [0.4, 0.5) is 5.69 Å². The molecule has 1 aromatic heterocycles. The van der Waals surface area contributed by atoms with Crippen molar-refractivity contribution in [1.29, 1.82) is 0 Å². The summed E-state index contributed by atoms with van der Waals surface area (Å²) in [5, 5.41) is 3.03. The van der Waals surface area contributed by atoms with Gasteiger partial charge in [0.2, 0.25) is 0 Å². The fourth-order valence-corrected chi connectivity index (χ4v) is 1.71. The van der Waals surface area contributed by atoms with Gasteiger partial charge in [0.1, 0.15) is 0 Å². The van der Waals surface area contributed by atoms with Crippen LogP contribution in [0.1, 0.15) is 23.0 Å². The Bertz CT molecular complexity index is 407. The smallest absolute Gasteiger partial charge is 0.257 e. The molecule has 0 bridgehead atoms. The Kier molecular flexibility index (Phi) is 5.58. The number of aryl methyl sites for hydroxylation is 1. The number of hydrogen-bond donors (Lipinski definition) is 1. The first-order valence-electron chi connectivity index (χ1n) is 6.06. The maximum atomic E-state index is 12.4. The number of pyridine rings is 1. The molecule has 0 radical (unpaired) electrons. The average Bonchev–Trinajstić information content (AvgIpc) is 2.39. The van der Waals surface area contributed by atoms with Crippen LogP contribution >= 0.6 is 0 Å². The van der Waals surface area contributed by atoms with Crippen LogP contribution in [0.25, 0.3) is 0 Å². The topological polar surface area (TPSA) is 54.5 Å². The largest absolute Gasteiger partial charge is 0.387 e. The van der Waals surface area contributed by atoms with Crippen LogP contribution in [0.5, 0.6) is 0 Å². The van der Waals surface area contributed by atoms with E-state index in [1.54, 1.807) is 25.3 Å². The van der Waals surface area contributed by atoms with Gasteiger partial charge in [-0.05, 0) is 19.9 Å². The zero-order valence-corrected chi connectivity index (χ0v) is 11.5. The van der Waals surface area contributed by atoms with Gasteiger partial charge in [0.05, 0.1) is 17.9 Å². The van der Waals surface area contributed by atoms with Crippen molar-refractivity contribution in [2.75, 3.05) is 39.2 Å². The molecule has 0 spiro atoms. The fraction of sp³-hybridized carbons (Fsp3) is 0.538. The Morgan fingerprint density at radius 1 is 1.56 bits per heavy atom. The van der Waals surface area contributed by atoms with Gasteiger partial charge in [0.15, 0.2) is 0 Å². The summed E-state index contributed by atoms with van der Waals surface area (Å²) < 4.78 is 5.01. The van der Waals surface area contributed by atoms with Gasteiger partial charge in [0.25, 0.3) is 5.91 Å². The Morgan fingerprint density at radius 2 is 2.28 bits per heavy atom. The highest BCUT2D eigenvalue weighted by Gasteiger charge is 2.17. The van der Waals surface area contributed by atoms with E-state index in [2.05, 4.69) is 10.3 Å². The lowest BCUT2D eigenvalue weighted by molar-refractivity contribution is 0.0707. The number of rotatable bonds is 6. The van der Waals surface area contributed by atoms with Crippen LogP contribution in [0, 0.1) is 6.92 Å². The number of amides is 1. The number of likely N-dealkylation sites (N-methyl/N-ethyl adjacent to an activating group) is 1. The molecule has 0 atom stereocenters. The Hall–Kier alpha value is -1.62.